The van der Waals surface area contributed by atoms with Crippen LogP contribution in [0.2, 0.25) is 0 Å². The number of carbonyl (C=O) groups is 2. The first-order chi connectivity index (χ1) is 10.4. The second-order valence-corrected chi connectivity index (χ2v) is 6.41. The molecule has 3 aliphatic heterocycles. The van der Waals surface area contributed by atoms with E-state index >= 15 is 0 Å². The van der Waals surface area contributed by atoms with Crippen LogP contribution in [0.15, 0.2) is 22.5 Å². The number of halogens is 1. The average Bonchev–Trinajstić information content (AvgIpc) is 2.91. The van der Waals surface area contributed by atoms with Gasteiger partial charge in [0.15, 0.2) is 5.72 Å². The number of likely N-dealkylation sites (N-methyl/N-ethyl adjacent to an activating group) is 1. The number of ether oxygens (including phenoxy) is 1. The molecule has 0 aromatic carbocycles. The number of allylic oxidation sites excluding steroid dienone is 2. The first kappa shape index (κ1) is 13.9. The van der Waals surface area contributed by atoms with Crippen molar-refractivity contribution in [1.29, 1.82) is 0 Å². The van der Waals surface area contributed by atoms with E-state index in [1.54, 1.807) is 11.8 Å². The molecule has 0 aromatic heterocycles. The van der Waals surface area contributed by atoms with Gasteiger partial charge in [-0.2, -0.15) is 0 Å². The van der Waals surface area contributed by atoms with Crippen LogP contribution in [0.25, 0.3) is 0 Å². The summed E-state index contributed by atoms with van der Waals surface area (Å²) in [5.41, 5.74) is 5.45. The molecular weight excluding hydrogens is 289 g/mol. The molecule has 0 spiro atoms. The number of piperazine rings is 1. The molecule has 0 radical (unpaired) electrons. The summed E-state index contributed by atoms with van der Waals surface area (Å²) in [6, 6.07) is 0.223. The Morgan fingerprint density at radius 1 is 1.41 bits per heavy atom. The molecule has 0 aromatic rings. The van der Waals surface area contributed by atoms with Crippen LogP contribution in [0.4, 0.5) is 4.39 Å². The van der Waals surface area contributed by atoms with Crippen molar-refractivity contribution in [3.8, 4) is 0 Å². The van der Waals surface area contributed by atoms with E-state index in [0.717, 1.165) is 0 Å². The lowest BCUT2D eigenvalue weighted by Gasteiger charge is -2.40. The van der Waals surface area contributed by atoms with Gasteiger partial charge in [-0.25, -0.2) is 0 Å². The number of hydrogen-bond acceptors (Lipinski definition) is 6. The molecule has 0 bridgehead atoms. The van der Waals surface area contributed by atoms with Crippen molar-refractivity contribution in [2.45, 2.75) is 24.7 Å². The highest BCUT2D eigenvalue weighted by atomic mass is 19.1. The number of nitrogens with two attached hydrogens (primary N) is 1. The van der Waals surface area contributed by atoms with Gasteiger partial charge in [0, 0.05) is 30.8 Å². The lowest BCUT2D eigenvalue weighted by molar-refractivity contribution is -0.140. The lowest BCUT2D eigenvalue weighted by atomic mass is 9.83. The van der Waals surface area contributed by atoms with E-state index < -0.39 is 24.1 Å². The maximum absolute atomic E-state index is 13.9. The Bertz CT molecular complexity index is 660. The molecule has 0 amide bonds. The van der Waals surface area contributed by atoms with Crippen LogP contribution < -0.4 is 5.73 Å². The largest absolute Gasteiger partial charge is 0.395 e. The van der Waals surface area contributed by atoms with Crippen molar-refractivity contribution in [3.05, 3.63) is 22.5 Å². The molecule has 6 nitrogen and oxygen atoms in total. The summed E-state index contributed by atoms with van der Waals surface area (Å²) in [6.45, 7) is 1.35. The summed E-state index contributed by atoms with van der Waals surface area (Å²) < 4.78 is 19.7. The van der Waals surface area contributed by atoms with Gasteiger partial charge in [-0.1, -0.05) is 0 Å². The molecule has 2 fully saturated rings. The van der Waals surface area contributed by atoms with Gasteiger partial charge in [-0.3, -0.25) is 18.9 Å². The van der Waals surface area contributed by atoms with E-state index in [1.165, 1.54) is 7.11 Å². The van der Waals surface area contributed by atoms with Gasteiger partial charge in [0.05, 0.1) is 23.4 Å². The number of nitrogens with zero attached hydrogens (tertiary/aromatic N) is 2. The first-order valence-electron chi connectivity index (χ1n) is 7.32. The van der Waals surface area contributed by atoms with Gasteiger partial charge in [0.1, 0.15) is 6.67 Å². The van der Waals surface area contributed by atoms with Crippen molar-refractivity contribution >= 4 is 11.6 Å². The third kappa shape index (κ3) is 1.20. The number of fused-ring (bicyclic) bond motifs is 4. The molecule has 7 heteroatoms. The minimum Gasteiger partial charge on any atom is -0.395 e. The highest BCUT2D eigenvalue weighted by Crippen LogP contribution is 2.58. The van der Waals surface area contributed by atoms with E-state index in [9.17, 15) is 14.0 Å². The lowest BCUT2D eigenvalue weighted by Crippen LogP contribution is -2.54. The Morgan fingerprint density at radius 2 is 2.09 bits per heavy atom. The third-order valence-electron chi connectivity index (χ3n) is 5.75. The number of rotatable bonds is 2. The van der Waals surface area contributed by atoms with Crippen LogP contribution in [0, 0.1) is 5.92 Å². The Morgan fingerprint density at radius 3 is 2.68 bits per heavy atom. The number of Topliss-reactive ketones (excluding diaryl/α,β-unsaturated/α-hetero) is 2. The smallest absolute Gasteiger partial charge is 0.207 e. The Balaban J connectivity index is 1.90. The monoisotopic (exact) mass is 307 g/mol. The van der Waals surface area contributed by atoms with Gasteiger partial charge < -0.3 is 15.4 Å². The van der Waals surface area contributed by atoms with E-state index in [1.807, 2.05) is 7.05 Å². The second-order valence-electron chi connectivity index (χ2n) is 6.41. The van der Waals surface area contributed by atoms with Crippen molar-refractivity contribution in [3.63, 3.8) is 0 Å². The van der Waals surface area contributed by atoms with E-state index in [-0.39, 0.29) is 34.7 Å². The molecule has 4 rings (SSSR count). The van der Waals surface area contributed by atoms with Crippen molar-refractivity contribution in [2.75, 3.05) is 27.4 Å². The summed E-state index contributed by atoms with van der Waals surface area (Å²) >= 11 is 0. The molecule has 5 atom stereocenters. The summed E-state index contributed by atoms with van der Waals surface area (Å²) in [7, 11) is 3.46. The predicted molar refractivity (Wildman–Crippen MR) is 75.2 cm³/mol. The average molecular weight is 307 g/mol. The van der Waals surface area contributed by atoms with Gasteiger partial charge in [0.2, 0.25) is 11.6 Å². The number of carbonyl (C=O) groups excluding carboxylic acids is 2. The molecule has 2 saturated heterocycles. The molecule has 3 heterocycles. The fourth-order valence-corrected chi connectivity index (χ4v) is 4.55. The highest BCUT2D eigenvalue weighted by Gasteiger charge is 2.75. The topological polar surface area (TPSA) is 75.6 Å². The van der Waals surface area contributed by atoms with Crippen LogP contribution in [-0.4, -0.2) is 66.6 Å². The minimum atomic E-state index is -0.977. The summed E-state index contributed by atoms with van der Waals surface area (Å²) in [4.78, 5) is 29.1. The molecule has 4 aliphatic rings. The van der Waals surface area contributed by atoms with Gasteiger partial charge in [-0.05, 0) is 14.0 Å². The van der Waals surface area contributed by atoms with Crippen LogP contribution in [-0.2, 0) is 14.3 Å². The van der Waals surface area contributed by atoms with Gasteiger partial charge >= 0.3 is 0 Å². The maximum atomic E-state index is 13.9. The minimum absolute atomic E-state index is 0.00835. The van der Waals surface area contributed by atoms with E-state index in [4.69, 9.17) is 10.5 Å². The zero-order chi connectivity index (χ0) is 16.0. The van der Waals surface area contributed by atoms with Gasteiger partial charge in [-0.15, -0.1) is 0 Å². The number of hydrogen-bond donors (Lipinski definition) is 1. The van der Waals surface area contributed by atoms with Crippen LogP contribution in [0.5, 0.6) is 0 Å². The Kier molecular flexibility index (Phi) is 2.51. The van der Waals surface area contributed by atoms with Crippen molar-refractivity contribution in [2.24, 2.45) is 11.7 Å². The van der Waals surface area contributed by atoms with Crippen molar-refractivity contribution < 1.29 is 18.7 Å². The second kappa shape index (κ2) is 3.97. The Labute approximate surface area is 127 Å². The summed E-state index contributed by atoms with van der Waals surface area (Å²) in [5, 5.41) is 0. The molecule has 0 saturated carbocycles. The molecular formula is C15H18FN3O3. The Hall–Kier alpha value is -1.73. The number of alkyl halides is 1. The zero-order valence-corrected chi connectivity index (χ0v) is 12.7. The number of ketones is 2. The van der Waals surface area contributed by atoms with E-state index in [2.05, 4.69) is 4.90 Å². The molecule has 22 heavy (non-hydrogen) atoms. The fraction of sp³-hybridized carbons (Fsp3) is 0.600. The summed E-state index contributed by atoms with van der Waals surface area (Å²) in [6.07, 6.45) is 0. The zero-order valence-electron chi connectivity index (χ0n) is 12.7. The fourth-order valence-electron chi connectivity index (χ4n) is 4.55. The molecule has 118 valence electrons. The molecule has 1 aliphatic carbocycles. The first-order valence-corrected chi connectivity index (χ1v) is 7.32. The normalized spacial score (nSPS) is 42.8. The predicted octanol–water partition coefficient (Wildman–Crippen LogP) is -0.435. The SMILES string of the molecule is CO[C@@]12[C@H](CF)C3=C(C(=O)C(C)=C(N)C3=O)N1C[C@H]1[C@@H]2N1C. The van der Waals surface area contributed by atoms with Crippen molar-refractivity contribution in [1.82, 2.24) is 9.80 Å². The third-order valence-corrected chi connectivity index (χ3v) is 5.75. The quantitative estimate of drug-likeness (QED) is 0.551. The molecule has 2 N–H and O–H groups in total. The van der Waals surface area contributed by atoms with Crippen LogP contribution >= 0.6 is 0 Å². The highest BCUT2D eigenvalue weighted by molar-refractivity contribution is 6.25. The standard InChI is InChI=1S/C15H18FN3O3/c1-6-10(17)13(21)9-7(4-16)15(22-3)14-8(18(14)2)5-19(15)11(9)12(6)20/h7-8,14H,4-5,17H2,1-3H3/t7-,8+,14+,15-,18?/m1/s1. The number of methoxy groups -OCH3 is 1. The molecule has 1 unspecified atom stereocenters. The van der Waals surface area contributed by atoms with Crippen LogP contribution in [0.1, 0.15) is 6.92 Å². The maximum Gasteiger partial charge on any atom is 0.207 e. The van der Waals surface area contributed by atoms with Crippen LogP contribution in [0.3, 0.4) is 0 Å². The van der Waals surface area contributed by atoms with E-state index in [0.29, 0.717) is 12.2 Å². The summed E-state index contributed by atoms with van der Waals surface area (Å²) in [5.74, 6) is -1.50. The van der Waals surface area contributed by atoms with Gasteiger partial charge in [0.25, 0.3) is 0 Å².